The van der Waals surface area contributed by atoms with E-state index >= 15 is 0 Å². The Morgan fingerprint density at radius 2 is 1.84 bits per heavy atom. The van der Waals surface area contributed by atoms with Gasteiger partial charge < -0.3 is 4.74 Å². The molecule has 0 bridgehead atoms. The molecule has 0 spiro atoms. The lowest BCUT2D eigenvalue weighted by atomic mass is 9.99. The molecule has 0 saturated carbocycles. The molecule has 0 radical (unpaired) electrons. The number of rotatable bonds is 3. The summed E-state index contributed by atoms with van der Waals surface area (Å²) in [5.74, 6) is -0.380. The fourth-order valence-corrected chi connectivity index (χ4v) is 1.97. The van der Waals surface area contributed by atoms with Crippen LogP contribution in [-0.2, 0) is 0 Å². The number of hydrogen-bond acceptors (Lipinski definition) is 2. The first-order valence-electron chi connectivity index (χ1n) is 5.99. The molecule has 0 heterocycles. The van der Waals surface area contributed by atoms with Gasteiger partial charge in [0.2, 0.25) is 0 Å². The molecule has 2 aromatic carbocycles. The highest BCUT2D eigenvalue weighted by molar-refractivity contribution is 6.11. The zero-order valence-electron chi connectivity index (χ0n) is 11.2. The molecule has 3 heteroatoms. The minimum Gasteiger partial charge on any atom is -0.496 e. The van der Waals surface area contributed by atoms with E-state index in [1.54, 1.807) is 31.2 Å². The molecule has 2 rings (SSSR count). The lowest BCUT2D eigenvalue weighted by molar-refractivity contribution is 0.103. The first-order chi connectivity index (χ1) is 9.04. The van der Waals surface area contributed by atoms with Crippen molar-refractivity contribution < 1.29 is 13.9 Å². The van der Waals surface area contributed by atoms with Gasteiger partial charge in [0.05, 0.1) is 18.2 Å². The van der Waals surface area contributed by atoms with Gasteiger partial charge in [-0.05, 0) is 37.6 Å². The number of halogens is 1. The SMILES string of the molecule is COc1ccc(C)cc1C(=O)c1cccc(C)c1F. The standard InChI is InChI=1S/C16H15FO2/c1-10-7-8-14(19-3)13(9-10)16(18)12-6-4-5-11(2)15(12)17/h4-9H,1-3H3. The highest BCUT2D eigenvalue weighted by atomic mass is 19.1. The van der Waals surface area contributed by atoms with Gasteiger partial charge in [0.15, 0.2) is 5.78 Å². The molecule has 2 nitrogen and oxygen atoms in total. The van der Waals surface area contributed by atoms with E-state index in [9.17, 15) is 9.18 Å². The molecule has 98 valence electrons. The average molecular weight is 258 g/mol. The first kappa shape index (κ1) is 13.3. The molecule has 0 aliphatic heterocycles. The van der Waals surface area contributed by atoms with Gasteiger partial charge in [0, 0.05) is 0 Å². The van der Waals surface area contributed by atoms with Crippen molar-refractivity contribution in [3.63, 3.8) is 0 Å². The highest BCUT2D eigenvalue weighted by Crippen LogP contribution is 2.24. The lowest BCUT2D eigenvalue weighted by Crippen LogP contribution is -2.07. The highest BCUT2D eigenvalue weighted by Gasteiger charge is 2.18. The zero-order chi connectivity index (χ0) is 14.0. The summed E-state index contributed by atoms with van der Waals surface area (Å²) in [6.45, 7) is 3.52. The van der Waals surface area contributed by atoms with Crippen LogP contribution in [0.3, 0.4) is 0 Å². The molecule has 0 aliphatic rings. The summed E-state index contributed by atoms with van der Waals surface area (Å²) in [7, 11) is 1.49. The van der Waals surface area contributed by atoms with E-state index in [1.807, 2.05) is 13.0 Å². The Morgan fingerprint density at radius 1 is 1.11 bits per heavy atom. The first-order valence-corrected chi connectivity index (χ1v) is 5.99. The predicted molar refractivity (Wildman–Crippen MR) is 72.3 cm³/mol. The lowest BCUT2D eigenvalue weighted by Gasteiger charge is -2.10. The smallest absolute Gasteiger partial charge is 0.199 e. The molecule has 0 atom stereocenters. The summed E-state index contributed by atoms with van der Waals surface area (Å²) < 4.78 is 19.2. The quantitative estimate of drug-likeness (QED) is 0.785. The summed E-state index contributed by atoms with van der Waals surface area (Å²) >= 11 is 0. The molecule has 0 aliphatic carbocycles. The maximum Gasteiger partial charge on any atom is 0.199 e. The summed E-state index contributed by atoms with van der Waals surface area (Å²) in [6, 6.07) is 10.1. The van der Waals surface area contributed by atoms with Crippen LogP contribution in [-0.4, -0.2) is 12.9 Å². The van der Waals surface area contributed by atoms with Gasteiger partial charge in [-0.15, -0.1) is 0 Å². The Balaban J connectivity index is 2.56. The third kappa shape index (κ3) is 2.50. The maximum atomic E-state index is 14.0. The van der Waals surface area contributed by atoms with Crippen LogP contribution in [0.25, 0.3) is 0 Å². The van der Waals surface area contributed by atoms with E-state index in [0.717, 1.165) is 5.56 Å². The van der Waals surface area contributed by atoms with Crippen molar-refractivity contribution in [1.82, 2.24) is 0 Å². The number of aryl methyl sites for hydroxylation is 2. The maximum absolute atomic E-state index is 14.0. The Hall–Kier alpha value is -2.16. The van der Waals surface area contributed by atoms with Gasteiger partial charge in [-0.25, -0.2) is 4.39 Å². The van der Waals surface area contributed by atoms with E-state index in [-0.39, 0.29) is 11.3 Å². The largest absolute Gasteiger partial charge is 0.496 e. The predicted octanol–water partition coefficient (Wildman–Crippen LogP) is 3.68. The third-order valence-corrected chi connectivity index (χ3v) is 3.04. The summed E-state index contributed by atoms with van der Waals surface area (Å²) in [4.78, 5) is 12.4. The van der Waals surface area contributed by atoms with E-state index in [4.69, 9.17) is 4.74 Å². The molecular formula is C16H15FO2. The van der Waals surface area contributed by atoms with Crippen LogP contribution >= 0.6 is 0 Å². The number of hydrogen-bond donors (Lipinski definition) is 0. The van der Waals surface area contributed by atoms with Crippen molar-refractivity contribution in [2.75, 3.05) is 7.11 Å². The topological polar surface area (TPSA) is 26.3 Å². The zero-order valence-corrected chi connectivity index (χ0v) is 11.2. The van der Waals surface area contributed by atoms with Crippen molar-refractivity contribution in [3.05, 3.63) is 64.5 Å². The number of ether oxygens (including phenoxy) is 1. The summed E-state index contributed by atoms with van der Waals surface area (Å²) in [5, 5.41) is 0. The molecule has 0 aromatic heterocycles. The van der Waals surface area contributed by atoms with Crippen molar-refractivity contribution >= 4 is 5.78 Å². The van der Waals surface area contributed by atoms with Crippen molar-refractivity contribution in [1.29, 1.82) is 0 Å². The van der Waals surface area contributed by atoms with Gasteiger partial charge in [-0.1, -0.05) is 23.8 Å². The molecule has 0 saturated heterocycles. The molecule has 0 amide bonds. The van der Waals surface area contributed by atoms with Crippen LogP contribution in [0.5, 0.6) is 5.75 Å². The number of carbonyl (C=O) groups is 1. The second-order valence-corrected chi connectivity index (χ2v) is 4.47. The summed E-state index contributed by atoms with van der Waals surface area (Å²) in [5.41, 5.74) is 1.84. The van der Waals surface area contributed by atoms with E-state index in [1.165, 1.54) is 13.2 Å². The second-order valence-electron chi connectivity index (χ2n) is 4.47. The van der Waals surface area contributed by atoms with Crippen molar-refractivity contribution in [3.8, 4) is 5.75 Å². The van der Waals surface area contributed by atoms with Gasteiger partial charge >= 0.3 is 0 Å². The van der Waals surface area contributed by atoms with Crippen LogP contribution in [0.2, 0.25) is 0 Å². The normalized spacial score (nSPS) is 10.3. The fraction of sp³-hybridized carbons (Fsp3) is 0.188. The van der Waals surface area contributed by atoms with Crippen molar-refractivity contribution in [2.24, 2.45) is 0 Å². The Labute approximate surface area is 111 Å². The number of benzene rings is 2. The van der Waals surface area contributed by atoms with Crippen LogP contribution in [0.4, 0.5) is 4.39 Å². The van der Waals surface area contributed by atoms with Crippen LogP contribution in [0.15, 0.2) is 36.4 Å². The fourth-order valence-electron chi connectivity index (χ4n) is 1.97. The van der Waals surface area contributed by atoms with E-state index < -0.39 is 5.82 Å². The monoisotopic (exact) mass is 258 g/mol. The Kier molecular flexibility index (Phi) is 3.65. The van der Waals surface area contributed by atoms with Crippen LogP contribution < -0.4 is 4.74 Å². The molecule has 0 unspecified atom stereocenters. The van der Waals surface area contributed by atoms with Crippen LogP contribution in [0.1, 0.15) is 27.0 Å². The van der Waals surface area contributed by atoms with E-state index in [2.05, 4.69) is 0 Å². The average Bonchev–Trinajstić information content (AvgIpc) is 2.41. The number of carbonyl (C=O) groups excluding carboxylic acids is 1. The van der Waals surface area contributed by atoms with Gasteiger partial charge in [0.25, 0.3) is 0 Å². The Morgan fingerprint density at radius 3 is 2.53 bits per heavy atom. The molecule has 19 heavy (non-hydrogen) atoms. The molecule has 0 fully saturated rings. The molecular weight excluding hydrogens is 243 g/mol. The third-order valence-electron chi connectivity index (χ3n) is 3.04. The molecule has 0 N–H and O–H groups in total. The van der Waals surface area contributed by atoms with Gasteiger partial charge in [0.1, 0.15) is 11.6 Å². The van der Waals surface area contributed by atoms with E-state index in [0.29, 0.717) is 16.9 Å². The number of methoxy groups -OCH3 is 1. The van der Waals surface area contributed by atoms with Crippen molar-refractivity contribution in [2.45, 2.75) is 13.8 Å². The van der Waals surface area contributed by atoms with Gasteiger partial charge in [-0.3, -0.25) is 4.79 Å². The minimum absolute atomic E-state index is 0.0731. The second kappa shape index (κ2) is 5.22. The Bertz CT molecular complexity index is 633. The van der Waals surface area contributed by atoms with Crippen LogP contribution in [0, 0.1) is 19.7 Å². The minimum atomic E-state index is -0.476. The summed E-state index contributed by atoms with van der Waals surface area (Å²) in [6.07, 6.45) is 0. The molecule has 2 aromatic rings. The number of ketones is 1. The van der Waals surface area contributed by atoms with Gasteiger partial charge in [-0.2, -0.15) is 0 Å².